The van der Waals surface area contributed by atoms with Gasteiger partial charge in [-0.15, -0.1) is 0 Å². The van der Waals surface area contributed by atoms with Crippen molar-refractivity contribution in [3.05, 3.63) is 63.6 Å². The fraction of sp³-hybridized carbons (Fsp3) is 0.250. The lowest BCUT2D eigenvalue weighted by Crippen LogP contribution is -2.19. The van der Waals surface area contributed by atoms with E-state index >= 15 is 0 Å². The largest absolute Gasteiger partial charge is 0.494 e. The van der Waals surface area contributed by atoms with Crippen molar-refractivity contribution in [3.63, 3.8) is 0 Å². The summed E-state index contributed by atoms with van der Waals surface area (Å²) < 4.78 is 32.7. The Labute approximate surface area is 131 Å². The molecule has 0 aromatic heterocycles. The van der Waals surface area contributed by atoms with Crippen LogP contribution in [0.2, 0.25) is 0 Å². The van der Waals surface area contributed by atoms with Crippen molar-refractivity contribution in [2.24, 2.45) is 0 Å². The van der Waals surface area contributed by atoms with Crippen molar-refractivity contribution < 1.29 is 13.5 Å². The van der Waals surface area contributed by atoms with Gasteiger partial charge in [0, 0.05) is 10.5 Å². The lowest BCUT2D eigenvalue weighted by molar-refractivity contribution is 0.385. The number of likely N-dealkylation sites (N-methyl/N-ethyl adjacent to an activating group) is 1. The molecule has 0 aliphatic heterocycles. The molecule has 21 heavy (non-hydrogen) atoms. The zero-order valence-corrected chi connectivity index (χ0v) is 13.4. The van der Waals surface area contributed by atoms with E-state index in [1.165, 1.54) is 25.3 Å². The highest BCUT2D eigenvalue weighted by atomic mass is 79.9. The maximum absolute atomic E-state index is 13.5. The summed E-state index contributed by atoms with van der Waals surface area (Å²) in [7, 11) is 3.24. The highest BCUT2D eigenvalue weighted by Crippen LogP contribution is 2.27. The van der Waals surface area contributed by atoms with E-state index in [1.54, 1.807) is 18.2 Å². The SMILES string of the molecule is CNC(Cc1cc(F)ccc1Br)c1ccc(F)c(OC)c1. The molecular weight excluding hydrogens is 340 g/mol. The van der Waals surface area contributed by atoms with Gasteiger partial charge in [-0.2, -0.15) is 0 Å². The van der Waals surface area contributed by atoms with Crippen molar-refractivity contribution in [1.29, 1.82) is 0 Å². The molecule has 5 heteroatoms. The van der Waals surface area contributed by atoms with E-state index in [4.69, 9.17) is 4.74 Å². The van der Waals surface area contributed by atoms with Gasteiger partial charge in [0.15, 0.2) is 11.6 Å². The molecule has 1 atom stereocenters. The molecule has 0 aliphatic rings. The van der Waals surface area contributed by atoms with Gasteiger partial charge in [-0.25, -0.2) is 8.78 Å². The Bertz CT molecular complexity index is 634. The summed E-state index contributed by atoms with van der Waals surface area (Å²) in [5.41, 5.74) is 1.73. The Balaban J connectivity index is 2.29. The minimum absolute atomic E-state index is 0.0717. The second-order valence-corrected chi connectivity index (χ2v) is 5.53. The predicted octanol–water partition coefficient (Wildman–Crippen LogP) is 4.24. The second kappa shape index (κ2) is 7.00. The Morgan fingerprint density at radius 1 is 1.19 bits per heavy atom. The van der Waals surface area contributed by atoms with Crippen molar-refractivity contribution in [2.45, 2.75) is 12.5 Å². The summed E-state index contributed by atoms with van der Waals surface area (Å²) >= 11 is 3.42. The van der Waals surface area contributed by atoms with Crippen LogP contribution in [-0.2, 0) is 6.42 Å². The van der Waals surface area contributed by atoms with Crippen LogP contribution in [-0.4, -0.2) is 14.2 Å². The zero-order valence-electron chi connectivity index (χ0n) is 11.8. The molecule has 0 heterocycles. The minimum atomic E-state index is -0.400. The molecular formula is C16H16BrF2NO. The monoisotopic (exact) mass is 355 g/mol. The number of halogens is 3. The Morgan fingerprint density at radius 3 is 2.62 bits per heavy atom. The van der Waals surface area contributed by atoms with Crippen molar-refractivity contribution in [3.8, 4) is 5.75 Å². The molecule has 1 unspecified atom stereocenters. The molecule has 0 fully saturated rings. The first-order valence-electron chi connectivity index (χ1n) is 6.49. The third-order valence-corrected chi connectivity index (χ3v) is 4.13. The smallest absolute Gasteiger partial charge is 0.165 e. The summed E-state index contributed by atoms with van der Waals surface area (Å²) in [6.07, 6.45) is 0.573. The van der Waals surface area contributed by atoms with Crippen LogP contribution in [0.25, 0.3) is 0 Å². The van der Waals surface area contributed by atoms with Crippen LogP contribution in [0.15, 0.2) is 40.9 Å². The van der Waals surface area contributed by atoms with E-state index in [0.29, 0.717) is 6.42 Å². The van der Waals surface area contributed by atoms with Gasteiger partial charge in [-0.1, -0.05) is 22.0 Å². The van der Waals surface area contributed by atoms with E-state index in [2.05, 4.69) is 21.2 Å². The van der Waals surface area contributed by atoms with E-state index in [-0.39, 0.29) is 17.6 Å². The zero-order chi connectivity index (χ0) is 15.4. The first-order valence-corrected chi connectivity index (χ1v) is 7.29. The predicted molar refractivity (Wildman–Crippen MR) is 82.6 cm³/mol. The van der Waals surface area contributed by atoms with Crippen LogP contribution in [0.3, 0.4) is 0 Å². The molecule has 0 amide bonds. The standard InChI is InChI=1S/C16H16BrF2NO/c1-20-15(8-11-7-12(18)4-5-13(11)17)10-3-6-14(19)16(9-10)21-2/h3-7,9,15,20H,8H2,1-2H3. The van der Waals surface area contributed by atoms with Crippen LogP contribution in [0.4, 0.5) is 8.78 Å². The molecule has 0 aliphatic carbocycles. The van der Waals surface area contributed by atoms with Crippen molar-refractivity contribution >= 4 is 15.9 Å². The van der Waals surface area contributed by atoms with Crippen LogP contribution in [0.5, 0.6) is 5.75 Å². The maximum atomic E-state index is 13.5. The quantitative estimate of drug-likeness (QED) is 0.865. The van der Waals surface area contributed by atoms with Gasteiger partial charge in [-0.3, -0.25) is 0 Å². The molecule has 0 radical (unpaired) electrons. The Kier molecular flexibility index (Phi) is 5.31. The third-order valence-electron chi connectivity index (χ3n) is 3.36. The topological polar surface area (TPSA) is 21.3 Å². The fourth-order valence-corrected chi connectivity index (χ4v) is 2.61. The number of rotatable bonds is 5. The summed E-state index contributed by atoms with van der Waals surface area (Å²) in [5, 5.41) is 3.16. The van der Waals surface area contributed by atoms with Crippen molar-refractivity contribution in [1.82, 2.24) is 5.32 Å². The van der Waals surface area contributed by atoms with E-state index in [1.807, 2.05) is 7.05 Å². The van der Waals surface area contributed by atoms with Crippen molar-refractivity contribution in [2.75, 3.05) is 14.2 Å². The number of hydrogen-bond donors (Lipinski definition) is 1. The molecule has 1 N–H and O–H groups in total. The Hall–Kier alpha value is -1.46. The number of nitrogens with one attached hydrogen (secondary N) is 1. The lowest BCUT2D eigenvalue weighted by Gasteiger charge is -2.18. The van der Waals surface area contributed by atoms with Crippen LogP contribution < -0.4 is 10.1 Å². The molecule has 2 aromatic carbocycles. The van der Waals surface area contributed by atoms with Crippen LogP contribution in [0.1, 0.15) is 17.2 Å². The highest BCUT2D eigenvalue weighted by Gasteiger charge is 2.15. The molecule has 2 rings (SSSR count). The van der Waals surface area contributed by atoms with Gasteiger partial charge in [0.05, 0.1) is 7.11 Å². The number of methoxy groups -OCH3 is 1. The normalized spacial score (nSPS) is 12.2. The lowest BCUT2D eigenvalue weighted by atomic mass is 9.98. The Morgan fingerprint density at radius 2 is 1.95 bits per heavy atom. The summed E-state index contributed by atoms with van der Waals surface area (Å²) in [5.74, 6) is -0.478. The van der Waals surface area contributed by atoms with Crippen LogP contribution >= 0.6 is 15.9 Å². The third kappa shape index (κ3) is 3.80. The number of benzene rings is 2. The van der Waals surface area contributed by atoms with Gasteiger partial charge in [0.1, 0.15) is 5.82 Å². The molecule has 0 saturated heterocycles. The maximum Gasteiger partial charge on any atom is 0.165 e. The molecule has 0 saturated carbocycles. The number of hydrogen-bond acceptors (Lipinski definition) is 2. The van der Waals surface area contributed by atoms with Gasteiger partial charge in [0.2, 0.25) is 0 Å². The van der Waals surface area contributed by atoms with E-state index in [9.17, 15) is 8.78 Å². The fourth-order valence-electron chi connectivity index (χ4n) is 2.20. The molecule has 0 bridgehead atoms. The first kappa shape index (κ1) is 15.9. The highest BCUT2D eigenvalue weighted by molar-refractivity contribution is 9.10. The second-order valence-electron chi connectivity index (χ2n) is 4.68. The van der Waals surface area contributed by atoms with Gasteiger partial charge in [-0.05, 0) is 54.9 Å². The minimum Gasteiger partial charge on any atom is -0.494 e. The summed E-state index contributed by atoms with van der Waals surface area (Å²) in [4.78, 5) is 0. The molecule has 2 aromatic rings. The summed E-state index contributed by atoms with van der Waals surface area (Å²) in [6, 6.07) is 9.24. The van der Waals surface area contributed by atoms with Gasteiger partial charge in [0.25, 0.3) is 0 Å². The average molecular weight is 356 g/mol. The number of ether oxygens (including phenoxy) is 1. The molecule has 112 valence electrons. The molecule has 2 nitrogen and oxygen atoms in total. The summed E-state index contributed by atoms with van der Waals surface area (Å²) in [6.45, 7) is 0. The average Bonchev–Trinajstić information content (AvgIpc) is 2.49. The van der Waals surface area contributed by atoms with Crippen LogP contribution in [0, 0.1) is 11.6 Å². The van der Waals surface area contributed by atoms with E-state index < -0.39 is 5.82 Å². The molecule has 0 spiro atoms. The first-order chi connectivity index (χ1) is 10.0. The van der Waals surface area contributed by atoms with E-state index in [0.717, 1.165) is 15.6 Å². The van der Waals surface area contributed by atoms with Gasteiger partial charge < -0.3 is 10.1 Å². The van der Waals surface area contributed by atoms with Gasteiger partial charge >= 0.3 is 0 Å².